The number of piperazine rings is 1. The van der Waals surface area contributed by atoms with Gasteiger partial charge in [-0.05, 0) is 29.3 Å². The molecule has 2 fully saturated rings. The number of hydrogen-bond acceptors (Lipinski definition) is 5. The molecule has 1 atom stereocenters. The first-order valence-electron chi connectivity index (χ1n) is 11.6. The van der Waals surface area contributed by atoms with E-state index in [1.807, 2.05) is 12.1 Å². The number of hydrogen-bond donors (Lipinski definition) is 1. The van der Waals surface area contributed by atoms with Gasteiger partial charge in [-0.25, -0.2) is 9.18 Å². The molecular weight excluding hydrogens is 433 g/mol. The maximum absolute atomic E-state index is 15.1. The number of carbonyl (C=O) groups excluding carboxylic acids is 1. The van der Waals surface area contributed by atoms with Gasteiger partial charge >= 0.3 is 6.09 Å². The van der Waals surface area contributed by atoms with Crippen LogP contribution < -0.4 is 9.80 Å². The highest BCUT2D eigenvalue weighted by atomic mass is 19.1. The van der Waals surface area contributed by atoms with Crippen molar-refractivity contribution in [1.29, 1.82) is 0 Å². The number of aliphatic hydroxyl groups is 1. The van der Waals surface area contributed by atoms with Crippen LogP contribution in [0.3, 0.4) is 0 Å². The lowest BCUT2D eigenvalue weighted by Crippen LogP contribution is -2.48. The zero-order valence-corrected chi connectivity index (χ0v) is 18.9. The summed E-state index contributed by atoms with van der Waals surface area (Å²) in [5, 5.41) is 9.23. The van der Waals surface area contributed by atoms with Gasteiger partial charge in [0.1, 0.15) is 11.9 Å². The number of rotatable bonds is 6. The summed E-state index contributed by atoms with van der Waals surface area (Å²) in [6.07, 6.45) is -1.14. The SMILES string of the molecule is O=C1O[C@@H](CO)CN1c1ccc(N2CCN(C(c3ccccc3)c3ccccc3)CC2)c(F)c1. The molecule has 1 N–H and O–H groups in total. The molecule has 0 bridgehead atoms. The Bertz CT molecular complexity index is 1080. The van der Waals surface area contributed by atoms with Crippen molar-refractivity contribution in [3.05, 3.63) is 95.8 Å². The number of benzene rings is 3. The molecule has 7 heteroatoms. The van der Waals surface area contributed by atoms with Gasteiger partial charge in [0.05, 0.1) is 30.6 Å². The van der Waals surface area contributed by atoms with Gasteiger partial charge in [-0.15, -0.1) is 0 Å². The van der Waals surface area contributed by atoms with Gasteiger partial charge in [-0.1, -0.05) is 60.7 Å². The number of nitrogens with zero attached hydrogens (tertiary/aromatic N) is 3. The smallest absolute Gasteiger partial charge is 0.414 e. The van der Waals surface area contributed by atoms with Gasteiger partial charge in [0.15, 0.2) is 0 Å². The van der Waals surface area contributed by atoms with Crippen LogP contribution in [0.4, 0.5) is 20.6 Å². The number of aliphatic hydroxyl groups excluding tert-OH is 1. The van der Waals surface area contributed by atoms with Crippen LogP contribution >= 0.6 is 0 Å². The fourth-order valence-electron chi connectivity index (χ4n) is 4.85. The van der Waals surface area contributed by atoms with Crippen LogP contribution in [0, 0.1) is 5.82 Å². The molecule has 0 unspecified atom stereocenters. The summed E-state index contributed by atoms with van der Waals surface area (Å²) >= 11 is 0. The number of carbonyl (C=O) groups is 1. The molecule has 5 rings (SSSR count). The lowest BCUT2D eigenvalue weighted by molar-refractivity contribution is 0.0963. The minimum Gasteiger partial charge on any atom is -0.441 e. The predicted molar refractivity (Wildman–Crippen MR) is 130 cm³/mol. The predicted octanol–water partition coefficient (Wildman–Crippen LogP) is 4.05. The summed E-state index contributed by atoms with van der Waals surface area (Å²) in [4.78, 5) is 17.9. The highest BCUT2D eigenvalue weighted by Crippen LogP contribution is 2.32. The van der Waals surface area contributed by atoms with Crippen LogP contribution in [0.15, 0.2) is 78.9 Å². The summed E-state index contributed by atoms with van der Waals surface area (Å²) in [5.41, 5.74) is 3.47. The molecule has 0 aliphatic carbocycles. The molecule has 0 aromatic heterocycles. The first-order valence-corrected chi connectivity index (χ1v) is 11.6. The van der Waals surface area contributed by atoms with E-state index in [4.69, 9.17) is 4.74 Å². The molecule has 2 heterocycles. The molecule has 3 aromatic rings. The molecule has 2 aliphatic rings. The van der Waals surface area contributed by atoms with E-state index in [1.54, 1.807) is 12.1 Å². The summed E-state index contributed by atoms with van der Waals surface area (Å²) in [6.45, 7) is 2.96. The Balaban J connectivity index is 1.30. The van der Waals surface area contributed by atoms with E-state index in [0.29, 0.717) is 24.5 Å². The molecule has 1 amide bonds. The molecule has 34 heavy (non-hydrogen) atoms. The molecular formula is C27H28FN3O3. The van der Waals surface area contributed by atoms with Gasteiger partial charge in [0, 0.05) is 26.2 Å². The van der Waals surface area contributed by atoms with E-state index in [2.05, 4.69) is 58.3 Å². The van der Waals surface area contributed by atoms with E-state index in [-0.39, 0.29) is 25.0 Å². The van der Waals surface area contributed by atoms with Crippen molar-refractivity contribution in [1.82, 2.24) is 4.90 Å². The van der Waals surface area contributed by atoms with Crippen molar-refractivity contribution in [3.8, 4) is 0 Å². The highest BCUT2D eigenvalue weighted by molar-refractivity contribution is 5.90. The Morgan fingerprint density at radius 3 is 2.06 bits per heavy atom. The fourth-order valence-corrected chi connectivity index (χ4v) is 4.85. The molecule has 6 nitrogen and oxygen atoms in total. The standard InChI is InChI=1S/C27H28FN3O3/c28-24-17-22(31-18-23(19-32)34-27(31)33)11-12-25(24)29-13-15-30(16-14-29)26(20-7-3-1-4-8-20)21-9-5-2-6-10-21/h1-12,17,23,26,32H,13-16,18-19H2/t23-/m1/s1. The Morgan fingerprint density at radius 1 is 0.912 bits per heavy atom. The topological polar surface area (TPSA) is 56.3 Å². The number of halogens is 1. The average Bonchev–Trinajstić information content (AvgIpc) is 3.27. The zero-order valence-electron chi connectivity index (χ0n) is 18.9. The lowest BCUT2D eigenvalue weighted by Gasteiger charge is -2.40. The third-order valence-electron chi connectivity index (χ3n) is 6.57. The monoisotopic (exact) mass is 461 g/mol. The summed E-state index contributed by atoms with van der Waals surface area (Å²) in [7, 11) is 0. The Hall–Kier alpha value is -3.42. The number of cyclic esters (lactones) is 1. The van der Waals surface area contributed by atoms with Gasteiger partial charge < -0.3 is 14.7 Å². The number of ether oxygens (including phenoxy) is 1. The van der Waals surface area contributed by atoms with Gasteiger partial charge in [-0.2, -0.15) is 0 Å². The van der Waals surface area contributed by atoms with Crippen molar-refractivity contribution in [2.24, 2.45) is 0 Å². The van der Waals surface area contributed by atoms with Crippen LogP contribution in [0.25, 0.3) is 0 Å². The fraction of sp³-hybridized carbons (Fsp3) is 0.296. The first kappa shape index (κ1) is 22.4. The minimum absolute atomic E-state index is 0.150. The Kier molecular flexibility index (Phi) is 6.47. The normalized spacial score (nSPS) is 19.0. The quantitative estimate of drug-likeness (QED) is 0.600. The lowest BCUT2D eigenvalue weighted by atomic mass is 9.96. The van der Waals surface area contributed by atoms with Crippen LogP contribution in [0.5, 0.6) is 0 Å². The van der Waals surface area contributed by atoms with E-state index in [1.165, 1.54) is 22.1 Å². The van der Waals surface area contributed by atoms with Gasteiger partial charge in [-0.3, -0.25) is 9.80 Å². The Morgan fingerprint density at radius 2 is 1.53 bits per heavy atom. The molecule has 0 radical (unpaired) electrons. The Labute approximate surface area is 198 Å². The summed E-state index contributed by atoms with van der Waals surface area (Å²) in [5.74, 6) is -0.367. The number of amides is 1. The van der Waals surface area contributed by atoms with E-state index in [9.17, 15) is 9.90 Å². The van der Waals surface area contributed by atoms with E-state index in [0.717, 1.165) is 13.1 Å². The second-order valence-corrected chi connectivity index (χ2v) is 8.68. The summed E-state index contributed by atoms with van der Waals surface area (Å²) < 4.78 is 20.2. The van der Waals surface area contributed by atoms with Crippen LogP contribution in [0.1, 0.15) is 17.2 Å². The molecule has 0 spiro atoms. The molecule has 176 valence electrons. The van der Waals surface area contributed by atoms with Crippen LogP contribution in [-0.4, -0.2) is 61.5 Å². The van der Waals surface area contributed by atoms with Crippen molar-refractivity contribution in [2.75, 3.05) is 49.1 Å². The van der Waals surface area contributed by atoms with Crippen molar-refractivity contribution in [2.45, 2.75) is 12.1 Å². The minimum atomic E-state index is -0.578. The van der Waals surface area contributed by atoms with Crippen molar-refractivity contribution < 1.29 is 19.0 Å². The van der Waals surface area contributed by atoms with Gasteiger partial charge in [0.2, 0.25) is 0 Å². The van der Waals surface area contributed by atoms with Crippen LogP contribution in [-0.2, 0) is 4.74 Å². The largest absolute Gasteiger partial charge is 0.441 e. The zero-order chi connectivity index (χ0) is 23.5. The highest BCUT2D eigenvalue weighted by Gasteiger charge is 2.33. The molecule has 2 saturated heterocycles. The molecule has 0 saturated carbocycles. The van der Waals surface area contributed by atoms with Crippen LogP contribution in [0.2, 0.25) is 0 Å². The van der Waals surface area contributed by atoms with E-state index < -0.39 is 12.2 Å². The third-order valence-corrected chi connectivity index (χ3v) is 6.57. The average molecular weight is 462 g/mol. The van der Waals surface area contributed by atoms with E-state index >= 15 is 4.39 Å². The van der Waals surface area contributed by atoms with Crippen molar-refractivity contribution in [3.63, 3.8) is 0 Å². The number of anilines is 2. The maximum atomic E-state index is 15.1. The third kappa shape index (κ3) is 4.49. The molecule has 3 aromatic carbocycles. The van der Waals surface area contributed by atoms with Gasteiger partial charge in [0.25, 0.3) is 0 Å². The molecule has 2 aliphatic heterocycles. The maximum Gasteiger partial charge on any atom is 0.414 e. The second-order valence-electron chi connectivity index (χ2n) is 8.68. The summed E-state index contributed by atoms with van der Waals surface area (Å²) in [6, 6.07) is 26.0. The first-order chi connectivity index (χ1) is 16.6. The van der Waals surface area contributed by atoms with Crippen molar-refractivity contribution >= 4 is 17.5 Å². The second kappa shape index (κ2) is 9.83.